The van der Waals surface area contributed by atoms with Crippen LogP contribution in [0.25, 0.3) is 11.0 Å². The molecule has 1 aliphatic rings. The average molecular weight is 229 g/mol. The molecule has 3 nitrogen and oxygen atoms in total. The van der Waals surface area contributed by atoms with Crippen molar-refractivity contribution in [2.75, 3.05) is 6.54 Å². The Morgan fingerprint density at radius 2 is 2.29 bits per heavy atom. The molecule has 0 aliphatic heterocycles. The molecule has 1 aliphatic carbocycles. The maximum atomic E-state index is 4.52. The van der Waals surface area contributed by atoms with Gasteiger partial charge in [0.15, 0.2) is 0 Å². The minimum atomic E-state index is 0.803. The maximum Gasteiger partial charge on any atom is 0.106 e. The Balaban J connectivity index is 1.70. The van der Waals surface area contributed by atoms with Crippen LogP contribution in [0.15, 0.2) is 18.2 Å². The highest BCUT2D eigenvalue weighted by Crippen LogP contribution is 2.19. The van der Waals surface area contributed by atoms with Crippen LogP contribution < -0.4 is 5.32 Å². The zero-order valence-electron chi connectivity index (χ0n) is 10.3. The van der Waals surface area contributed by atoms with Crippen LogP contribution in [0.5, 0.6) is 0 Å². The number of fused-ring (bicyclic) bond motifs is 1. The molecule has 2 aromatic rings. The van der Waals surface area contributed by atoms with Crippen LogP contribution in [0, 0.1) is 0 Å². The first-order valence-electron chi connectivity index (χ1n) is 6.56. The van der Waals surface area contributed by atoms with Crippen molar-refractivity contribution in [1.29, 1.82) is 0 Å². The van der Waals surface area contributed by atoms with E-state index in [1.165, 1.54) is 23.9 Å². The molecule has 1 aromatic heterocycles. The number of aromatic nitrogens is 2. The summed E-state index contributed by atoms with van der Waals surface area (Å²) in [6, 6.07) is 7.35. The molecular formula is C14H19N3. The van der Waals surface area contributed by atoms with E-state index in [-0.39, 0.29) is 0 Å². The molecule has 1 aromatic carbocycles. The summed E-state index contributed by atoms with van der Waals surface area (Å²) >= 11 is 0. The van der Waals surface area contributed by atoms with Crippen LogP contribution in [0.4, 0.5) is 0 Å². The van der Waals surface area contributed by atoms with Crippen molar-refractivity contribution >= 4 is 11.0 Å². The van der Waals surface area contributed by atoms with Crippen LogP contribution in [-0.4, -0.2) is 22.6 Å². The molecule has 0 atom stereocenters. The molecule has 0 spiro atoms. The van der Waals surface area contributed by atoms with Crippen molar-refractivity contribution < 1.29 is 0 Å². The third-order valence-electron chi connectivity index (χ3n) is 3.35. The summed E-state index contributed by atoms with van der Waals surface area (Å²) in [4.78, 5) is 7.89. The van der Waals surface area contributed by atoms with Gasteiger partial charge in [-0.2, -0.15) is 0 Å². The summed E-state index contributed by atoms with van der Waals surface area (Å²) in [5.74, 6) is 1.08. The summed E-state index contributed by atoms with van der Waals surface area (Å²) in [6.07, 6.45) is 4.79. The Morgan fingerprint density at radius 1 is 1.41 bits per heavy atom. The Hall–Kier alpha value is -1.35. The van der Waals surface area contributed by atoms with Gasteiger partial charge in [-0.15, -0.1) is 0 Å². The summed E-state index contributed by atoms with van der Waals surface area (Å²) in [5.41, 5.74) is 3.64. The van der Waals surface area contributed by atoms with Gasteiger partial charge in [0, 0.05) is 12.5 Å². The lowest BCUT2D eigenvalue weighted by atomic mass is 10.1. The summed E-state index contributed by atoms with van der Waals surface area (Å²) in [7, 11) is 0. The summed E-state index contributed by atoms with van der Waals surface area (Å²) < 4.78 is 0. The molecule has 3 rings (SSSR count). The van der Waals surface area contributed by atoms with Crippen molar-refractivity contribution in [2.45, 2.75) is 38.6 Å². The summed E-state index contributed by atoms with van der Waals surface area (Å²) in [5, 5.41) is 3.54. The third kappa shape index (κ3) is 2.50. The van der Waals surface area contributed by atoms with Gasteiger partial charge >= 0.3 is 0 Å². The number of nitrogens with one attached hydrogen (secondary N) is 2. The number of nitrogens with zero attached hydrogens (tertiary/aromatic N) is 1. The second-order valence-electron chi connectivity index (χ2n) is 4.87. The van der Waals surface area contributed by atoms with Gasteiger partial charge in [0.1, 0.15) is 5.82 Å². The minimum Gasteiger partial charge on any atom is -0.342 e. The molecule has 0 amide bonds. The maximum absolute atomic E-state index is 4.52. The van der Waals surface area contributed by atoms with E-state index in [0.717, 1.165) is 36.8 Å². The van der Waals surface area contributed by atoms with Crippen LogP contribution in [0.3, 0.4) is 0 Å². The zero-order valence-corrected chi connectivity index (χ0v) is 10.3. The molecule has 90 valence electrons. The molecule has 0 saturated heterocycles. The molecule has 0 unspecified atom stereocenters. The predicted octanol–water partition coefficient (Wildman–Crippen LogP) is 2.42. The Labute approximate surface area is 102 Å². The highest BCUT2D eigenvalue weighted by molar-refractivity contribution is 5.75. The minimum absolute atomic E-state index is 0.803. The van der Waals surface area contributed by atoms with Crippen molar-refractivity contribution in [3.05, 3.63) is 29.6 Å². The van der Waals surface area contributed by atoms with Gasteiger partial charge in [0.2, 0.25) is 0 Å². The zero-order chi connectivity index (χ0) is 11.7. The lowest BCUT2D eigenvalue weighted by Gasteiger charge is -2.02. The van der Waals surface area contributed by atoms with Gasteiger partial charge < -0.3 is 10.3 Å². The molecule has 1 saturated carbocycles. The van der Waals surface area contributed by atoms with Crippen molar-refractivity contribution in [2.24, 2.45) is 0 Å². The fourth-order valence-corrected chi connectivity index (χ4v) is 2.14. The molecule has 3 heteroatoms. The van der Waals surface area contributed by atoms with Crippen LogP contribution >= 0.6 is 0 Å². The van der Waals surface area contributed by atoms with Crippen molar-refractivity contribution in [1.82, 2.24) is 15.3 Å². The number of H-pyrrole nitrogens is 1. The molecule has 2 N–H and O–H groups in total. The van der Waals surface area contributed by atoms with E-state index in [9.17, 15) is 0 Å². The highest BCUT2D eigenvalue weighted by atomic mass is 14.9. The highest BCUT2D eigenvalue weighted by Gasteiger charge is 2.19. The lowest BCUT2D eigenvalue weighted by molar-refractivity contribution is 0.682. The largest absolute Gasteiger partial charge is 0.342 e. The van der Waals surface area contributed by atoms with E-state index in [2.05, 4.69) is 40.4 Å². The number of aromatic amines is 1. The van der Waals surface area contributed by atoms with Crippen LogP contribution in [0.2, 0.25) is 0 Å². The quantitative estimate of drug-likeness (QED) is 0.826. The topological polar surface area (TPSA) is 40.7 Å². The van der Waals surface area contributed by atoms with E-state index in [1.54, 1.807) is 0 Å². The first kappa shape index (κ1) is 10.8. The molecule has 1 heterocycles. The molecule has 17 heavy (non-hydrogen) atoms. The van der Waals surface area contributed by atoms with Gasteiger partial charge in [0.05, 0.1) is 11.0 Å². The number of rotatable bonds is 5. The smallest absolute Gasteiger partial charge is 0.106 e. The van der Waals surface area contributed by atoms with E-state index >= 15 is 0 Å². The predicted molar refractivity (Wildman–Crippen MR) is 70.2 cm³/mol. The fourth-order valence-electron chi connectivity index (χ4n) is 2.14. The monoisotopic (exact) mass is 229 g/mol. The van der Waals surface area contributed by atoms with Gasteiger partial charge in [-0.05, 0) is 43.5 Å². The fraction of sp³-hybridized carbons (Fsp3) is 0.500. The molecular weight excluding hydrogens is 210 g/mol. The third-order valence-corrected chi connectivity index (χ3v) is 3.35. The number of aryl methyl sites for hydroxylation is 1. The Kier molecular flexibility index (Phi) is 2.85. The molecule has 0 radical (unpaired) electrons. The number of benzene rings is 1. The average Bonchev–Trinajstić information content (AvgIpc) is 3.07. The van der Waals surface area contributed by atoms with E-state index in [0.29, 0.717) is 0 Å². The normalized spacial score (nSPS) is 15.6. The second-order valence-corrected chi connectivity index (χ2v) is 4.87. The van der Waals surface area contributed by atoms with Crippen LogP contribution in [0.1, 0.15) is 31.2 Å². The van der Waals surface area contributed by atoms with Gasteiger partial charge in [-0.25, -0.2) is 4.98 Å². The van der Waals surface area contributed by atoms with Crippen molar-refractivity contribution in [3.8, 4) is 0 Å². The standard InChI is InChI=1S/C14H19N3/c1-2-14-16-12-6-3-10(9-13(12)17-14)7-8-15-11-4-5-11/h3,6,9,11,15H,2,4-5,7-8H2,1H3,(H,16,17). The van der Waals surface area contributed by atoms with Gasteiger partial charge in [-0.1, -0.05) is 13.0 Å². The first-order chi connectivity index (χ1) is 8.35. The molecule has 1 fully saturated rings. The van der Waals surface area contributed by atoms with Crippen LogP contribution in [-0.2, 0) is 12.8 Å². The number of hydrogen-bond acceptors (Lipinski definition) is 2. The number of hydrogen-bond donors (Lipinski definition) is 2. The SMILES string of the molecule is CCc1nc2ccc(CCNC3CC3)cc2[nH]1. The lowest BCUT2D eigenvalue weighted by Crippen LogP contribution is -2.19. The second kappa shape index (κ2) is 4.49. The Bertz CT molecular complexity index is 511. The Morgan fingerprint density at radius 3 is 3.06 bits per heavy atom. The number of imidazole rings is 1. The van der Waals surface area contributed by atoms with E-state index in [4.69, 9.17) is 0 Å². The van der Waals surface area contributed by atoms with Crippen molar-refractivity contribution in [3.63, 3.8) is 0 Å². The first-order valence-corrected chi connectivity index (χ1v) is 6.56. The van der Waals surface area contributed by atoms with E-state index < -0.39 is 0 Å². The molecule has 0 bridgehead atoms. The van der Waals surface area contributed by atoms with Gasteiger partial charge in [0.25, 0.3) is 0 Å². The van der Waals surface area contributed by atoms with Gasteiger partial charge in [-0.3, -0.25) is 0 Å². The summed E-state index contributed by atoms with van der Waals surface area (Å²) in [6.45, 7) is 3.21. The van der Waals surface area contributed by atoms with E-state index in [1.807, 2.05) is 0 Å².